The molecule has 4 nitrogen and oxygen atoms in total. The lowest BCUT2D eigenvalue weighted by atomic mass is 9.82. The zero-order chi connectivity index (χ0) is 10.7. The third-order valence-corrected chi connectivity index (χ3v) is 3.21. The fourth-order valence-corrected chi connectivity index (χ4v) is 2.51. The van der Waals surface area contributed by atoms with Crippen LogP contribution in [0.5, 0.6) is 0 Å². The fourth-order valence-electron chi connectivity index (χ4n) is 2.51. The molecule has 1 aliphatic rings. The number of hydrogen-bond acceptors (Lipinski definition) is 2. The number of carboxylic acid groups (broad SMARTS) is 1. The number of aromatic nitrogens is 2. The number of aliphatic carboxylic acids is 1. The molecule has 1 heterocycles. The van der Waals surface area contributed by atoms with Crippen molar-refractivity contribution in [2.75, 3.05) is 0 Å². The van der Waals surface area contributed by atoms with Gasteiger partial charge in [0.05, 0.1) is 12.7 Å². The molecule has 1 aliphatic carbocycles. The quantitative estimate of drug-likeness (QED) is 0.827. The Hall–Kier alpha value is -1.32. The van der Waals surface area contributed by atoms with Gasteiger partial charge < -0.3 is 9.67 Å². The summed E-state index contributed by atoms with van der Waals surface area (Å²) in [6.45, 7) is 0. The van der Waals surface area contributed by atoms with Crippen LogP contribution in [0.25, 0.3) is 0 Å². The smallest absolute Gasteiger partial charge is 0.303 e. The van der Waals surface area contributed by atoms with Crippen LogP contribution in [0.15, 0.2) is 18.7 Å². The lowest BCUT2D eigenvalue weighted by Crippen LogP contribution is -2.24. The highest BCUT2D eigenvalue weighted by molar-refractivity contribution is 5.67. The van der Waals surface area contributed by atoms with Gasteiger partial charge in [0.25, 0.3) is 0 Å². The van der Waals surface area contributed by atoms with E-state index in [4.69, 9.17) is 5.11 Å². The average molecular weight is 208 g/mol. The topological polar surface area (TPSA) is 55.1 Å². The van der Waals surface area contributed by atoms with Gasteiger partial charge in [0.1, 0.15) is 0 Å². The Bertz CT molecular complexity index is 321. The number of nitrogens with zero attached hydrogens (tertiary/aromatic N) is 2. The standard InChI is InChI=1S/C11H16N2O2/c14-11(15)7-9-3-1-2-4-10(9)13-6-5-12-8-13/h5-6,8-10H,1-4,7H2,(H,14,15). The molecule has 1 aromatic rings. The Morgan fingerprint density at radius 1 is 1.47 bits per heavy atom. The van der Waals surface area contributed by atoms with Gasteiger partial charge in [-0.05, 0) is 18.8 Å². The van der Waals surface area contributed by atoms with Crippen LogP contribution in [0, 0.1) is 5.92 Å². The lowest BCUT2D eigenvalue weighted by molar-refractivity contribution is -0.138. The van der Waals surface area contributed by atoms with Crippen LogP contribution in [-0.2, 0) is 4.79 Å². The van der Waals surface area contributed by atoms with Gasteiger partial charge in [-0.3, -0.25) is 4.79 Å². The van der Waals surface area contributed by atoms with E-state index in [-0.39, 0.29) is 12.3 Å². The predicted molar refractivity (Wildman–Crippen MR) is 55.5 cm³/mol. The second-order valence-corrected chi connectivity index (χ2v) is 4.22. The second kappa shape index (κ2) is 4.47. The molecule has 0 aromatic carbocycles. The molecule has 0 bridgehead atoms. The Balaban J connectivity index is 2.09. The molecule has 15 heavy (non-hydrogen) atoms. The summed E-state index contributed by atoms with van der Waals surface area (Å²) < 4.78 is 2.06. The molecule has 1 aromatic heterocycles. The van der Waals surface area contributed by atoms with Crippen molar-refractivity contribution in [2.24, 2.45) is 5.92 Å². The number of rotatable bonds is 3. The van der Waals surface area contributed by atoms with E-state index in [0.29, 0.717) is 6.04 Å². The lowest BCUT2D eigenvalue weighted by Gasteiger charge is -2.31. The Morgan fingerprint density at radius 3 is 2.93 bits per heavy atom. The Morgan fingerprint density at radius 2 is 2.27 bits per heavy atom. The zero-order valence-corrected chi connectivity index (χ0v) is 8.67. The molecule has 0 saturated heterocycles. The summed E-state index contributed by atoms with van der Waals surface area (Å²) in [5.41, 5.74) is 0. The van der Waals surface area contributed by atoms with Crippen molar-refractivity contribution in [3.63, 3.8) is 0 Å². The monoisotopic (exact) mass is 208 g/mol. The number of hydrogen-bond donors (Lipinski definition) is 1. The van der Waals surface area contributed by atoms with Gasteiger partial charge >= 0.3 is 5.97 Å². The summed E-state index contributed by atoms with van der Waals surface area (Å²) in [7, 11) is 0. The van der Waals surface area contributed by atoms with Crippen molar-refractivity contribution >= 4 is 5.97 Å². The second-order valence-electron chi connectivity index (χ2n) is 4.22. The molecule has 0 spiro atoms. The molecular weight excluding hydrogens is 192 g/mol. The maximum atomic E-state index is 10.8. The molecule has 2 unspecified atom stereocenters. The maximum Gasteiger partial charge on any atom is 0.303 e. The minimum Gasteiger partial charge on any atom is -0.481 e. The molecule has 2 rings (SSSR count). The third kappa shape index (κ3) is 2.37. The van der Waals surface area contributed by atoms with Crippen molar-refractivity contribution in [1.82, 2.24) is 9.55 Å². The minimum absolute atomic E-state index is 0.269. The summed E-state index contributed by atoms with van der Waals surface area (Å²) >= 11 is 0. The molecular formula is C11H16N2O2. The number of carboxylic acids is 1. The van der Waals surface area contributed by atoms with E-state index in [0.717, 1.165) is 19.3 Å². The van der Waals surface area contributed by atoms with Crippen molar-refractivity contribution in [2.45, 2.75) is 38.1 Å². The molecule has 4 heteroatoms. The van der Waals surface area contributed by atoms with E-state index >= 15 is 0 Å². The van der Waals surface area contributed by atoms with Crippen molar-refractivity contribution in [3.8, 4) is 0 Å². The fraction of sp³-hybridized carbons (Fsp3) is 0.636. The van der Waals surface area contributed by atoms with Crippen LogP contribution < -0.4 is 0 Å². The Kier molecular flexibility index (Phi) is 3.04. The van der Waals surface area contributed by atoms with E-state index in [1.807, 2.05) is 6.20 Å². The van der Waals surface area contributed by atoms with Crippen LogP contribution in [0.2, 0.25) is 0 Å². The van der Waals surface area contributed by atoms with Crippen LogP contribution in [0.4, 0.5) is 0 Å². The van der Waals surface area contributed by atoms with Gasteiger partial charge in [0.2, 0.25) is 0 Å². The first-order valence-corrected chi connectivity index (χ1v) is 5.46. The first-order chi connectivity index (χ1) is 7.27. The predicted octanol–water partition coefficient (Wildman–Crippen LogP) is 2.09. The molecule has 0 radical (unpaired) electrons. The summed E-state index contributed by atoms with van der Waals surface area (Å²) in [5, 5.41) is 8.86. The number of imidazole rings is 1. The highest BCUT2D eigenvalue weighted by Crippen LogP contribution is 2.35. The van der Waals surface area contributed by atoms with Crippen molar-refractivity contribution in [1.29, 1.82) is 0 Å². The molecule has 1 N–H and O–H groups in total. The third-order valence-electron chi connectivity index (χ3n) is 3.21. The van der Waals surface area contributed by atoms with Gasteiger partial charge in [-0.2, -0.15) is 0 Å². The van der Waals surface area contributed by atoms with Crippen LogP contribution >= 0.6 is 0 Å². The van der Waals surface area contributed by atoms with Crippen molar-refractivity contribution in [3.05, 3.63) is 18.7 Å². The largest absolute Gasteiger partial charge is 0.481 e. The van der Waals surface area contributed by atoms with Crippen LogP contribution in [0.1, 0.15) is 38.1 Å². The first-order valence-electron chi connectivity index (χ1n) is 5.46. The zero-order valence-electron chi connectivity index (χ0n) is 8.67. The molecule has 82 valence electrons. The van der Waals surface area contributed by atoms with Crippen molar-refractivity contribution < 1.29 is 9.90 Å². The molecule has 0 amide bonds. The highest BCUT2D eigenvalue weighted by atomic mass is 16.4. The molecule has 2 atom stereocenters. The van der Waals surface area contributed by atoms with E-state index in [1.54, 1.807) is 12.5 Å². The van der Waals surface area contributed by atoms with E-state index in [1.165, 1.54) is 6.42 Å². The molecule has 1 saturated carbocycles. The summed E-state index contributed by atoms with van der Waals surface area (Å²) in [6, 6.07) is 0.331. The average Bonchev–Trinajstić information content (AvgIpc) is 2.70. The first kappa shape index (κ1) is 10.2. The van der Waals surface area contributed by atoms with Gasteiger partial charge in [-0.1, -0.05) is 12.8 Å². The Labute approximate surface area is 88.9 Å². The van der Waals surface area contributed by atoms with Gasteiger partial charge in [-0.25, -0.2) is 4.98 Å². The van der Waals surface area contributed by atoms with Gasteiger partial charge in [0, 0.05) is 18.4 Å². The highest BCUT2D eigenvalue weighted by Gasteiger charge is 2.27. The summed E-state index contributed by atoms with van der Waals surface area (Å²) in [5.74, 6) is -0.419. The summed E-state index contributed by atoms with van der Waals surface area (Å²) in [4.78, 5) is 14.8. The number of carbonyl (C=O) groups is 1. The maximum absolute atomic E-state index is 10.8. The molecule has 1 fully saturated rings. The van der Waals surface area contributed by atoms with E-state index < -0.39 is 5.97 Å². The van der Waals surface area contributed by atoms with Gasteiger partial charge in [-0.15, -0.1) is 0 Å². The minimum atomic E-state index is -0.688. The SMILES string of the molecule is O=C(O)CC1CCCCC1n1ccnc1. The van der Waals surface area contributed by atoms with Crippen LogP contribution in [0.3, 0.4) is 0 Å². The normalized spacial score (nSPS) is 26.4. The van der Waals surface area contributed by atoms with Gasteiger partial charge in [0.15, 0.2) is 0 Å². The van der Waals surface area contributed by atoms with E-state index in [2.05, 4.69) is 9.55 Å². The molecule has 0 aliphatic heterocycles. The van der Waals surface area contributed by atoms with E-state index in [9.17, 15) is 4.79 Å². The van der Waals surface area contributed by atoms with Crippen LogP contribution in [-0.4, -0.2) is 20.6 Å². The summed E-state index contributed by atoms with van der Waals surface area (Å²) in [6.07, 6.45) is 10.2.